The van der Waals surface area contributed by atoms with Gasteiger partial charge in [0.05, 0.1) is 0 Å². The second kappa shape index (κ2) is 7.98. The van der Waals surface area contributed by atoms with Gasteiger partial charge >= 0.3 is 24.3 Å². The Labute approximate surface area is 192 Å². The minimum atomic E-state index is -5.18. The number of rotatable bonds is 2. The SMILES string of the molecule is C[C@]12CC[C@H]3[C@@H](CC=C4C[C@@H](OC(=O)C(F)(F)F)CC[C@@]43C)[C@@H]1CC(=O)[C@@H]2OC(=O)C(F)(F)F. The molecule has 190 valence electrons. The summed E-state index contributed by atoms with van der Waals surface area (Å²) in [5.41, 5.74) is -0.344. The van der Waals surface area contributed by atoms with Gasteiger partial charge in [-0.05, 0) is 55.3 Å². The lowest BCUT2D eigenvalue weighted by molar-refractivity contribution is -0.211. The first-order valence-corrected chi connectivity index (χ1v) is 11.3. The zero-order valence-corrected chi connectivity index (χ0v) is 18.7. The van der Waals surface area contributed by atoms with Gasteiger partial charge in [0.25, 0.3) is 0 Å². The van der Waals surface area contributed by atoms with Gasteiger partial charge in [-0.25, -0.2) is 9.59 Å². The summed E-state index contributed by atoms with van der Waals surface area (Å²) < 4.78 is 85.4. The highest BCUT2D eigenvalue weighted by atomic mass is 19.4. The van der Waals surface area contributed by atoms with Crippen molar-refractivity contribution in [2.75, 3.05) is 0 Å². The van der Waals surface area contributed by atoms with Crippen LogP contribution in [0.4, 0.5) is 26.3 Å². The van der Waals surface area contributed by atoms with Crippen LogP contribution in [-0.4, -0.2) is 42.3 Å². The number of esters is 2. The van der Waals surface area contributed by atoms with Crippen LogP contribution >= 0.6 is 0 Å². The molecule has 4 aliphatic rings. The maximum absolute atomic E-state index is 12.8. The Morgan fingerprint density at radius 3 is 2.15 bits per heavy atom. The van der Waals surface area contributed by atoms with Crippen LogP contribution in [0.3, 0.4) is 0 Å². The van der Waals surface area contributed by atoms with E-state index in [0.29, 0.717) is 25.7 Å². The summed E-state index contributed by atoms with van der Waals surface area (Å²) in [7, 11) is 0. The second-order valence-electron chi connectivity index (χ2n) is 10.5. The van der Waals surface area contributed by atoms with E-state index in [-0.39, 0.29) is 42.4 Å². The van der Waals surface area contributed by atoms with Crippen LogP contribution in [0.5, 0.6) is 0 Å². The van der Waals surface area contributed by atoms with E-state index in [9.17, 15) is 40.7 Å². The molecule has 0 aromatic rings. The third kappa shape index (κ3) is 4.02. The fourth-order valence-corrected chi connectivity index (χ4v) is 7.07. The Hall–Kier alpha value is -2.07. The molecule has 0 unspecified atom stereocenters. The average molecular weight is 496 g/mol. The van der Waals surface area contributed by atoms with Gasteiger partial charge < -0.3 is 9.47 Å². The average Bonchev–Trinajstić information content (AvgIpc) is 2.97. The lowest BCUT2D eigenvalue weighted by atomic mass is 9.48. The van der Waals surface area contributed by atoms with Crippen LogP contribution in [0.25, 0.3) is 0 Å². The zero-order valence-electron chi connectivity index (χ0n) is 18.7. The van der Waals surface area contributed by atoms with Gasteiger partial charge in [-0.1, -0.05) is 25.5 Å². The molecule has 0 aromatic heterocycles. The van der Waals surface area contributed by atoms with Crippen molar-refractivity contribution in [1.29, 1.82) is 0 Å². The van der Waals surface area contributed by atoms with E-state index in [1.807, 2.05) is 13.0 Å². The molecule has 0 heterocycles. The molecule has 0 saturated heterocycles. The van der Waals surface area contributed by atoms with Gasteiger partial charge in [0.1, 0.15) is 6.10 Å². The van der Waals surface area contributed by atoms with Gasteiger partial charge in [-0.3, -0.25) is 4.79 Å². The highest BCUT2D eigenvalue weighted by Crippen LogP contribution is 2.64. The molecular formula is C23H26F6O5. The fourth-order valence-electron chi connectivity index (χ4n) is 7.07. The van der Waals surface area contributed by atoms with Gasteiger partial charge in [0.2, 0.25) is 0 Å². The van der Waals surface area contributed by atoms with Crippen molar-refractivity contribution < 1.29 is 50.2 Å². The number of carbonyl (C=O) groups excluding carboxylic acids is 3. The Bertz CT molecular complexity index is 924. The number of fused-ring (bicyclic) bond motifs is 5. The van der Waals surface area contributed by atoms with Crippen molar-refractivity contribution >= 4 is 17.7 Å². The number of Topliss-reactive ketones (excluding diaryl/α,β-unsaturated/α-hetero) is 1. The topological polar surface area (TPSA) is 69.7 Å². The van der Waals surface area contributed by atoms with Gasteiger partial charge in [0, 0.05) is 18.3 Å². The van der Waals surface area contributed by atoms with E-state index in [0.717, 1.165) is 5.57 Å². The number of allylic oxidation sites excluding steroid dienone is 1. The van der Waals surface area contributed by atoms with Crippen LogP contribution in [0.2, 0.25) is 0 Å². The van der Waals surface area contributed by atoms with Crippen molar-refractivity contribution in [3.8, 4) is 0 Å². The van der Waals surface area contributed by atoms with E-state index in [1.165, 1.54) is 0 Å². The summed E-state index contributed by atoms with van der Waals surface area (Å²) in [5.74, 6) is -5.28. The molecule has 0 N–H and O–H groups in total. The summed E-state index contributed by atoms with van der Waals surface area (Å²) in [6.45, 7) is 3.74. The van der Waals surface area contributed by atoms with Gasteiger partial charge in [0.15, 0.2) is 11.9 Å². The first kappa shape index (κ1) is 25.0. The maximum atomic E-state index is 12.8. The molecule has 4 rings (SSSR count). The van der Waals surface area contributed by atoms with Gasteiger partial charge in [-0.15, -0.1) is 0 Å². The molecule has 0 bridgehead atoms. The molecule has 0 spiro atoms. The molecule has 3 fully saturated rings. The quantitative estimate of drug-likeness (QED) is 0.303. The van der Waals surface area contributed by atoms with Crippen LogP contribution in [0.1, 0.15) is 58.8 Å². The lowest BCUT2D eigenvalue weighted by Gasteiger charge is -2.57. The van der Waals surface area contributed by atoms with Gasteiger partial charge in [-0.2, -0.15) is 26.3 Å². The van der Waals surface area contributed by atoms with Crippen molar-refractivity contribution in [2.45, 2.75) is 83.4 Å². The third-order valence-electron chi connectivity index (χ3n) is 8.77. The van der Waals surface area contributed by atoms with Crippen molar-refractivity contribution in [1.82, 2.24) is 0 Å². The molecule has 3 saturated carbocycles. The third-order valence-corrected chi connectivity index (χ3v) is 8.77. The normalized spacial score (nSPS) is 39.9. The number of carbonyl (C=O) groups is 3. The van der Waals surface area contributed by atoms with Crippen LogP contribution < -0.4 is 0 Å². The first-order valence-electron chi connectivity index (χ1n) is 11.3. The molecule has 5 nitrogen and oxygen atoms in total. The summed E-state index contributed by atoms with van der Waals surface area (Å²) >= 11 is 0. The van der Waals surface area contributed by atoms with Crippen LogP contribution in [-0.2, 0) is 23.9 Å². The fraction of sp³-hybridized carbons (Fsp3) is 0.783. The predicted molar refractivity (Wildman–Crippen MR) is 104 cm³/mol. The van der Waals surface area contributed by atoms with E-state index < -0.39 is 47.7 Å². The molecule has 0 radical (unpaired) electrons. The van der Waals surface area contributed by atoms with Crippen molar-refractivity contribution in [2.24, 2.45) is 28.6 Å². The van der Waals surface area contributed by atoms with Crippen LogP contribution in [0.15, 0.2) is 11.6 Å². The largest absolute Gasteiger partial charge is 0.490 e. The molecule has 0 aliphatic heterocycles. The Balaban J connectivity index is 1.53. The smallest absolute Gasteiger partial charge is 0.455 e. The predicted octanol–water partition coefficient (Wildman–Crippen LogP) is 5.08. The summed E-state index contributed by atoms with van der Waals surface area (Å²) in [5, 5.41) is 0. The molecule has 4 aliphatic carbocycles. The number of ether oxygens (including phenoxy) is 2. The molecule has 0 amide bonds. The Morgan fingerprint density at radius 2 is 1.53 bits per heavy atom. The highest BCUT2D eigenvalue weighted by Gasteiger charge is 2.63. The molecule has 7 atom stereocenters. The highest BCUT2D eigenvalue weighted by molar-refractivity contribution is 5.90. The molecular weight excluding hydrogens is 470 g/mol. The van der Waals surface area contributed by atoms with E-state index in [4.69, 9.17) is 0 Å². The van der Waals surface area contributed by atoms with Crippen molar-refractivity contribution in [3.05, 3.63) is 11.6 Å². The Kier molecular flexibility index (Phi) is 5.87. The standard InChI is InChI=1S/C23H26F6O5/c1-20-7-5-12(33-18(31)22(24,25)26)9-11(20)3-4-13-14(20)6-8-21(2)15(13)10-16(30)17(21)34-19(32)23(27,28)29/h3,12-15,17H,4-10H2,1-2H3/t12-,13+,14-,15-,17-,20-,21-/m0/s1. The number of halogens is 6. The van der Waals surface area contributed by atoms with Crippen molar-refractivity contribution in [3.63, 3.8) is 0 Å². The minimum Gasteiger partial charge on any atom is -0.455 e. The summed E-state index contributed by atoms with van der Waals surface area (Å²) in [4.78, 5) is 35.4. The van der Waals surface area contributed by atoms with E-state index in [1.54, 1.807) is 6.92 Å². The summed E-state index contributed by atoms with van der Waals surface area (Å²) in [6, 6.07) is 0. The van der Waals surface area contributed by atoms with E-state index >= 15 is 0 Å². The Morgan fingerprint density at radius 1 is 0.912 bits per heavy atom. The van der Waals surface area contributed by atoms with Crippen LogP contribution in [0, 0.1) is 28.6 Å². The second-order valence-corrected chi connectivity index (χ2v) is 10.5. The first-order chi connectivity index (χ1) is 15.6. The number of hydrogen-bond donors (Lipinski definition) is 0. The minimum absolute atomic E-state index is 0.0263. The summed E-state index contributed by atoms with van der Waals surface area (Å²) in [6.07, 6.45) is -8.11. The van der Waals surface area contributed by atoms with E-state index in [2.05, 4.69) is 9.47 Å². The zero-order chi connectivity index (χ0) is 25.3. The monoisotopic (exact) mass is 496 g/mol. The number of hydrogen-bond acceptors (Lipinski definition) is 5. The number of ketones is 1. The lowest BCUT2D eigenvalue weighted by Crippen LogP contribution is -2.52. The molecule has 11 heteroatoms. The molecule has 34 heavy (non-hydrogen) atoms. The number of alkyl halides is 6. The molecule has 0 aromatic carbocycles. The maximum Gasteiger partial charge on any atom is 0.490 e.